The van der Waals surface area contributed by atoms with Crippen molar-refractivity contribution in [2.24, 2.45) is 0 Å². The molecule has 1 aromatic carbocycles. The van der Waals surface area contributed by atoms with Gasteiger partial charge in [0.05, 0.1) is 18.4 Å². The van der Waals surface area contributed by atoms with Crippen molar-refractivity contribution < 1.29 is 5.11 Å². The summed E-state index contributed by atoms with van der Waals surface area (Å²) in [5.41, 5.74) is 3.70. The molecule has 0 bridgehead atoms. The Bertz CT molecular complexity index is 522. The van der Waals surface area contributed by atoms with Crippen molar-refractivity contribution in [3.05, 3.63) is 53.9 Å². The first-order chi connectivity index (χ1) is 8.33. The van der Waals surface area contributed by atoms with Gasteiger partial charge in [0.25, 0.3) is 0 Å². The quantitative estimate of drug-likeness (QED) is 0.854. The third-order valence-corrected chi connectivity index (χ3v) is 3.15. The van der Waals surface area contributed by atoms with Gasteiger partial charge in [-0.05, 0) is 30.2 Å². The Labute approximate surface area is 100 Å². The molecule has 0 fully saturated rings. The zero-order valence-electron chi connectivity index (χ0n) is 9.50. The molecule has 17 heavy (non-hydrogen) atoms. The lowest BCUT2D eigenvalue weighted by atomic mass is 10.2. The van der Waals surface area contributed by atoms with Crippen molar-refractivity contribution in [1.82, 2.24) is 4.98 Å². The van der Waals surface area contributed by atoms with Crippen LogP contribution in [-0.4, -0.2) is 16.6 Å². The van der Waals surface area contributed by atoms with Gasteiger partial charge in [-0.3, -0.25) is 4.98 Å². The lowest BCUT2D eigenvalue weighted by molar-refractivity contribution is 0.472. The number of anilines is 1. The lowest BCUT2D eigenvalue weighted by Gasteiger charge is -2.18. The second-order valence-corrected chi connectivity index (χ2v) is 4.31. The van der Waals surface area contributed by atoms with Gasteiger partial charge < -0.3 is 10.0 Å². The molecule has 1 N–H and O–H groups in total. The van der Waals surface area contributed by atoms with Crippen molar-refractivity contribution in [3.63, 3.8) is 0 Å². The number of aromatic nitrogens is 1. The van der Waals surface area contributed by atoms with Crippen molar-refractivity contribution in [3.8, 4) is 5.75 Å². The molecule has 0 saturated heterocycles. The summed E-state index contributed by atoms with van der Waals surface area (Å²) in [5, 5.41) is 9.20. The average molecular weight is 226 g/mol. The molecule has 2 aromatic rings. The predicted molar refractivity (Wildman–Crippen MR) is 67.1 cm³/mol. The predicted octanol–water partition coefficient (Wildman–Crippen LogP) is 2.35. The van der Waals surface area contributed by atoms with Crippen LogP contribution >= 0.6 is 0 Å². The number of hydrogen-bond donors (Lipinski definition) is 1. The Morgan fingerprint density at radius 3 is 2.88 bits per heavy atom. The largest absolute Gasteiger partial charge is 0.506 e. The van der Waals surface area contributed by atoms with E-state index in [-0.39, 0.29) is 5.75 Å². The summed E-state index contributed by atoms with van der Waals surface area (Å²) in [6, 6.07) is 12.0. The van der Waals surface area contributed by atoms with Crippen LogP contribution in [0.5, 0.6) is 5.75 Å². The van der Waals surface area contributed by atoms with E-state index >= 15 is 0 Å². The molecule has 1 aliphatic rings. The Balaban J connectivity index is 1.81. The minimum absolute atomic E-state index is 0.218. The highest BCUT2D eigenvalue weighted by molar-refractivity contribution is 5.57. The first kappa shape index (κ1) is 10.1. The molecule has 86 valence electrons. The van der Waals surface area contributed by atoms with Gasteiger partial charge in [0.2, 0.25) is 0 Å². The van der Waals surface area contributed by atoms with Gasteiger partial charge in [0.1, 0.15) is 5.75 Å². The van der Waals surface area contributed by atoms with Crippen LogP contribution in [0.1, 0.15) is 11.3 Å². The van der Waals surface area contributed by atoms with E-state index in [1.54, 1.807) is 6.07 Å². The van der Waals surface area contributed by atoms with Crippen LogP contribution in [0.4, 0.5) is 5.69 Å². The SMILES string of the molecule is Oc1ccc(CN2CCc3ccccc32)nc1. The number of fused-ring (bicyclic) bond motifs is 1. The Morgan fingerprint density at radius 2 is 2.06 bits per heavy atom. The molecule has 1 aromatic heterocycles. The number of nitrogens with zero attached hydrogens (tertiary/aromatic N) is 2. The Hall–Kier alpha value is -2.03. The van der Waals surface area contributed by atoms with Crippen LogP contribution in [0, 0.1) is 0 Å². The number of pyridine rings is 1. The smallest absolute Gasteiger partial charge is 0.133 e. The van der Waals surface area contributed by atoms with Crippen molar-refractivity contribution in [1.29, 1.82) is 0 Å². The van der Waals surface area contributed by atoms with Crippen LogP contribution in [-0.2, 0) is 13.0 Å². The molecule has 0 aliphatic carbocycles. The fourth-order valence-electron chi connectivity index (χ4n) is 2.28. The van der Waals surface area contributed by atoms with E-state index in [0.717, 1.165) is 25.2 Å². The molecular formula is C14H14N2O. The van der Waals surface area contributed by atoms with Crippen LogP contribution in [0.25, 0.3) is 0 Å². The van der Waals surface area contributed by atoms with Crippen molar-refractivity contribution in [2.75, 3.05) is 11.4 Å². The summed E-state index contributed by atoms with van der Waals surface area (Å²) in [7, 11) is 0. The summed E-state index contributed by atoms with van der Waals surface area (Å²) in [4.78, 5) is 6.55. The van der Waals surface area contributed by atoms with Crippen LogP contribution < -0.4 is 4.90 Å². The standard InChI is InChI=1S/C14H14N2O/c17-13-6-5-12(15-9-13)10-16-8-7-11-3-1-2-4-14(11)16/h1-6,9,17H,7-8,10H2. The van der Waals surface area contributed by atoms with E-state index in [1.165, 1.54) is 17.4 Å². The van der Waals surface area contributed by atoms with Crippen molar-refractivity contribution >= 4 is 5.69 Å². The topological polar surface area (TPSA) is 36.4 Å². The van der Waals surface area contributed by atoms with Crippen LogP contribution in [0.15, 0.2) is 42.6 Å². The fourth-order valence-corrected chi connectivity index (χ4v) is 2.28. The first-order valence-corrected chi connectivity index (χ1v) is 5.80. The molecule has 0 amide bonds. The Kier molecular flexibility index (Phi) is 2.44. The second kappa shape index (κ2) is 4.09. The molecule has 0 saturated carbocycles. The van der Waals surface area contributed by atoms with Gasteiger partial charge in [0, 0.05) is 12.2 Å². The molecular weight excluding hydrogens is 212 g/mol. The molecule has 0 spiro atoms. The number of rotatable bonds is 2. The lowest BCUT2D eigenvalue weighted by Crippen LogP contribution is -2.20. The van der Waals surface area contributed by atoms with Crippen LogP contribution in [0.3, 0.4) is 0 Å². The molecule has 0 radical (unpaired) electrons. The van der Waals surface area contributed by atoms with E-state index in [2.05, 4.69) is 34.1 Å². The monoisotopic (exact) mass is 226 g/mol. The zero-order valence-corrected chi connectivity index (χ0v) is 9.50. The van der Waals surface area contributed by atoms with Gasteiger partial charge in [0.15, 0.2) is 0 Å². The fraction of sp³-hybridized carbons (Fsp3) is 0.214. The first-order valence-electron chi connectivity index (χ1n) is 5.80. The third kappa shape index (κ3) is 1.96. The van der Waals surface area contributed by atoms with Crippen molar-refractivity contribution in [2.45, 2.75) is 13.0 Å². The minimum Gasteiger partial charge on any atom is -0.506 e. The second-order valence-electron chi connectivity index (χ2n) is 4.31. The van der Waals surface area contributed by atoms with E-state index in [0.29, 0.717) is 0 Å². The summed E-state index contributed by atoms with van der Waals surface area (Å²) in [6.45, 7) is 1.85. The minimum atomic E-state index is 0.218. The van der Waals surface area contributed by atoms with Gasteiger partial charge in [-0.25, -0.2) is 0 Å². The highest BCUT2D eigenvalue weighted by Gasteiger charge is 2.18. The number of para-hydroxylation sites is 1. The molecule has 2 heterocycles. The van der Waals surface area contributed by atoms with E-state index < -0.39 is 0 Å². The summed E-state index contributed by atoms with van der Waals surface area (Å²) >= 11 is 0. The van der Waals surface area contributed by atoms with Gasteiger partial charge >= 0.3 is 0 Å². The van der Waals surface area contributed by atoms with E-state index in [4.69, 9.17) is 0 Å². The number of hydrogen-bond acceptors (Lipinski definition) is 3. The van der Waals surface area contributed by atoms with Gasteiger partial charge in [-0.15, -0.1) is 0 Å². The third-order valence-electron chi connectivity index (χ3n) is 3.15. The highest BCUT2D eigenvalue weighted by atomic mass is 16.3. The molecule has 1 aliphatic heterocycles. The highest BCUT2D eigenvalue weighted by Crippen LogP contribution is 2.28. The maximum atomic E-state index is 9.20. The molecule has 0 unspecified atom stereocenters. The maximum Gasteiger partial charge on any atom is 0.133 e. The summed E-state index contributed by atoms with van der Waals surface area (Å²) < 4.78 is 0. The summed E-state index contributed by atoms with van der Waals surface area (Å²) in [6.07, 6.45) is 2.60. The summed E-state index contributed by atoms with van der Waals surface area (Å²) in [5.74, 6) is 0.218. The molecule has 3 heteroatoms. The van der Waals surface area contributed by atoms with Gasteiger partial charge in [-0.2, -0.15) is 0 Å². The number of benzene rings is 1. The molecule has 3 rings (SSSR count). The van der Waals surface area contributed by atoms with E-state index in [1.807, 2.05) is 6.07 Å². The Morgan fingerprint density at radius 1 is 1.18 bits per heavy atom. The average Bonchev–Trinajstić information content (AvgIpc) is 2.76. The zero-order chi connectivity index (χ0) is 11.7. The molecule has 0 atom stereocenters. The number of aromatic hydroxyl groups is 1. The van der Waals surface area contributed by atoms with E-state index in [9.17, 15) is 5.11 Å². The molecule has 3 nitrogen and oxygen atoms in total. The van der Waals surface area contributed by atoms with Crippen LogP contribution in [0.2, 0.25) is 0 Å². The van der Waals surface area contributed by atoms with Gasteiger partial charge in [-0.1, -0.05) is 18.2 Å². The normalized spacial score (nSPS) is 13.8. The maximum absolute atomic E-state index is 9.20.